The zero-order valence-electron chi connectivity index (χ0n) is 11.6. The smallest absolute Gasteiger partial charge is 0.320 e. The van der Waals surface area contributed by atoms with Crippen LogP contribution in [0.25, 0.3) is 0 Å². The molecule has 3 heteroatoms. The minimum absolute atomic E-state index is 0.141. The summed E-state index contributed by atoms with van der Waals surface area (Å²) in [6, 6.07) is 8.43. The van der Waals surface area contributed by atoms with E-state index < -0.39 is 0 Å². The lowest BCUT2D eigenvalue weighted by Gasteiger charge is -2.20. The summed E-state index contributed by atoms with van der Waals surface area (Å²) in [5.41, 5.74) is 2.49. The van der Waals surface area contributed by atoms with Crippen molar-refractivity contribution in [2.24, 2.45) is 0 Å². The van der Waals surface area contributed by atoms with E-state index in [-0.39, 0.29) is 5.97 Å². The molecule has 100 valence electrons. The quantitative estimate of drug-likeness (QED) is 0.696. The van der Waals surface area contributed by atoms with Gasteiger partial charge in [-0.15, -0.1) is 0 Å². The van der Waals surface area contributed by atoms with Crippen molar-refractivity contribution in [3.63, 3.8) is 0 Å². The van der Waals surface area contributed by atoms with E-state index >= 15 is 0 Å². The van der Waals surface area contributed by atoms with Crippen LogP contribution in [0.3, 0.4) is 0 Å². The van der Waals surface area contributed by atoms with Crippen LogP contribution in [0.5, 0.6) is 0 Å². The van der Waals surface area contributed by atoms with E-state index in [1.807, 2.05) is 6.92 Å². The third kappa shape index (κ3) is 5.32. The maximum atomic E-state index is 11.5. The molecule has 0 spiro atoms. The maximum absolute atomic E-state index is 11.5. The molecule has 0 aromatic heterocycles. The van der Waals surface area contributed by atoms with Gasteiger partial charge in [0.15, 0.2) is 0 Å². The van der Waals surface area contributed by atoms with E-state index in [4.69, 9.17) is 4.74 Å². The van der Waals surface area contributed by atoms with E-state index in [0.717, 1.165) is 19.5 Å². The molecule has 18 heavy (non-hydrogen) atoms. The summed E-state index contributed by atoms with van der Waals surface area (Å²) in [4.78, 5) is 13.6. The highest BCUT2D eigenvalue weighted by Crippen LogP contribution is 2.07. The topological polar surface area (TPSA) is 29.5 Å². The van der Waals surface area contributed by atoms with Gasteiger partial charge in [-0.3, -0.25) is 9.69 Å². The molecule has 0 atom stereocenters. The molecule has 0 aliphatic heterocycles. The van der Waals surface area contributed by atoms with Crippen molar-refractivity contribution in [3.05, 3.63) is 35.4 Å². The first-order chi connectivity index (χ1) is 8.65. The minimum Gasteiger partial charge on any atom is -0.465 e. The zero-order chi connectivity index (χ0) is 13.4. The number of ether oxygens (including phenoxy) is 1. The lowest BCUT2D eigenvalue weighted by molar-refractivity contribution is -0.144. The number of hydrogen-bond donors (Lipinski definition) is 0. The lowest BCUT2D eigenvalue weighted by Crippen LogP contribution is -2.31. The fourth-order valence-corrected chi connectivity index (χ4v) is 1.87. The highest BCUT2D eigenvalue weighted by Gasteiger charge is 2.11. The molecule has 0 fully saturated rings. The van der Waals surface area contributed by atoms with Gasteiger partial charge in [0.25, 0.3) is 0 Å². The van der Waals surface area contributed by atoms with Crippen LogP contribution < -0.4 is 0 Å². The Morgan fingerprint density at radius 1 is 1.22 bits per heavy atom. The Bertz CT molecular complexity index is 359. The minimum atomic E-state index is -0.141. The molecule has 0 saturated heterocycles. The second kappa shape index (κ2) is 7.88. The molecule has 3 nitrogen and oxygen atoms in total. The summed E-state index contributed by atoms with van der Waals surface area (Å²) < 4.78 is 4.99. The Balaban J connectivity index is 2.56. The van der Waals surface area contributed by atoms with Gasteiger partial charge in [-0.2, -0.15) is 0 Å². The van der Waals surface area contributed by atoms with Gasteiger partial charge in [0, 0.05) is 6.54 Å². The van der Waals surface area contributed by atoms with E-state index in [9.17, 15) is 4.79 Å². The van der Waals surface area contributed by atoms with Crippen LogP contribution in [-0.4, -0.2) is 30.6 Å². The molecule has 0 unspecified atom stereocenters. The molecule has 0 aliphatic rings. The Hall–Kier alpha value is -1.35. The molecule has 0 heterocycles. The molecule has 0 amide bonds. The van der Waals surface area contributed by atoms with E-state index in [0.29, 0.717) is 13.2 Å². The highest BCUT2D eigenvalue weighted by molar-refractivity contribution is 5.71. The van der Waals surface area contributed by atoms with Crippen molar-refractivity contribution >= 4 is 5.97 Å². The number of carbonyl (C=O) groups excluding carboxylic acids is 1. The number of nitrogens with zero attached hydrogens (tertiary/aromatic N) is 1. The Kier molecular flexibility index (Phi) is 6.44. The number of benzene rings is 1. The average Bonchev–Trinajstić information content (AvgIpc) is 2.32. The summed E-state index contributed by atoms with van der Waals surface area (Å²) >= 11 is 0. The van der Waals surface area contributed by atoms with Crippen molar-refractivity contribution < 1.29 is 9.53 Å². The number of esters is 1. The molecule has 1 aromatic rings. The maximum Gasteiger partial charge on any atom is 0.320 e. The Labute approximate surface area is 110 Å². The van der Waals surface area contributed by atoms with E-state index in [2.05, 4.69) is 43.0 Å². The van der Waals surface area contributed by atoms with Crippen LogP contribution in [-0.2, 0) is 16.1 Å². The molecule has 0 saturated carbocycles. The summed E-state index contributed by atoms with van der Waals surface area (Å²) in [6.07, 6.45) is 1.03. The van der Waals surface area contributed by atoms with Gasteiger partial charge >= 0.3 is 5.97 Å². The lowest BCUT2D eigenvalue weighted by atomic mass is 10.1. The first kappa shape index (κ1) is 14.7. The average molecular weight is 249 g/mol. The molecule has 0 bridgehead atoms. The largest absolute Gasteiger partial charge is 0.465 e. The molecule has 0 aliphatic carbocycles. The molecule has 0 radical (unpaired) electrons. The predicted molar refractivity (Wildman–Crippen MR) is 73.4 cm³/mol. The second-order valence-corrected chi connectivity index (χ2v) is 4.50. The predicted octanol–water partition coefficient (Wildman–Crippen LogP) is 2.77. The van der Waals surface area contributed by atoms with Crippen molar-refractivity contribution in [2.75, 3.05) is 19.7 Å². The van der Waals surface area contributed by atoms with Gasteiger partial charge in [0.05, 0.1) is 13.2 Å². The third-order valence-corrected chi connectivity index (χ3v) is 2.72. The third-order valence-electron chi connectivity index (χ3n) is 2.72. The second-order valence-electron chi connectivity index (χ2n) is 4.50. The van der Waals surface area contributed by atoms with Crippen LogP contribution >= 0.6 is 0 Å². The molecule has 1 rings (SSSR count). The standard InChI is InChI=1S/C15H23NO2/c1-4-10-16(12-15(17)18-5-2)11-14-8-6-13(3)7-9-14/h6-9H,4-5,10-12H2,1-3H3. The SMILES string of the molecule is CCCN(CC(=O)OCC)Cc1ccc(C)cc1. The number of carbonyl (C=O) groups is 1. The van der Waals surface area contributed by atoms with Crippen molar-refractivity contribution in [1.82, 2.24) is 4.90 Å². The monoisotopic (exact) mass is 249 g/mol. The number of rotatable bonds is 7. The van der Waals surface area contributed by atoms with E-state index in [1.165, 1.54) is 11.1 Å². The fraction of sp³-hybridized carbons (Fsp3) is 0.533. The normalized spacial score (nSPS) is 10.7. The highest BCUT2D eigenvalue weighted by atomic mass is 16.5. The van der Waals surface area contributed by atoms with Gasteiger partial charge in [-0.05, 0) is 32.4 Å². The van der Waals surface area contributed by atoms with Gasteiger partial charge in [-0.25, -0.2) is 0 Å². The van der Waals surface area contributed by atoms with Crippen LogP contribution in [0.15, 0.2) is 24.3 Å². The summed E-state index contributed by atoms with van der Waals surface area (Å²) in [5.74, 6) is -0.141. The molecule has 0 N–H and O–H groups in total. The molecule has 1 aromatic carbocycles. The number of aryl methyl sites for hydroxylation is 1. The summed E-state index contributed by atoms with van der Waals surface area (Å²) in [6.45, 7) is 8.56. The summed E-state index contributed by atoms with van der Waals surface area (Å²) in [5, 5.41) is 0. The first-order valence-corrected chi connectivity index (χ1v) is 6.59. The molecular formula is C15H23NO2. The zero-order valence-corrected chi connectivity index (χ0v) is 11.6. The molecular weight excluding hydrogens is 226 g/mol. The van der Waals surface area contributed by atoms with Crippen molar-refractivity contribution in [2.45, 2.75) is 33.7 Å². The Morgan fingerprint density at radius 3 is 2.44 bits per heavy atom. The van der Waals surface area contributed by atoms with Crippen LogP contribution in [0.2, 0.25) is 0 Å². The Morgan fingerprint density at radius 2 is 1.89 bits per heavy atom. The fourth-order valence-electron chi connectivity index (χ4n) is 1.87. The van der Waals surface area contributed by atoms with Gasteiger partial charge in [-0.1, -0.05) is 36.8 Å². The van der Waals surface area contributed by atoms with E-state index in [1.54, 1.807) is 0 Å². The van der Waals surface area contributed by atoms with Crippen LogP contribution in [0.1, 0.15) is 31.4 Å². The van der Waals surface area contributed by atoms with Gasteiger partial charge < -0.3 is 4.74 Å². The number of hydrogen-bond acceptors (Lipinski definition) is 3. The van der Waals surface area contributed by atoms with Crippen molar-refractivity contribution in [3.8, 4) is 0 Å². The van der Waals surface area contributed by atoms with Gasteiger partial charge in [0.1, 0.15) is 0 Å². The first-order valence-electron chi connectivity index (χ1n) is 6.59. The van der Waals surface area contributed by atoms with Gasteiger partial charge in [0.2, 0.25) is 0 Å². The van der Waals surface area contributed by atoms with Crippen LogP contribution in [0, 0.1) is 6.92 Å². The van der Waals surface area contributed by atoms with Crippen molar-refractivity contribution in [1.29, 1.82) is 0 Å². The summed E-state index contributed by atoms with van der Waals surface area (Å²) in [7, 11) is 0. The van der Waals surface area contributed by atoms with Crippen LogP contribution in [0.4, 0.5) is 0 Å².